The Kier molecular flexibility index (Phi) is 4.68. The number of benzene rings is 1. The maximum atomic E-state index is 12.6. The molecule has 3 N–H and O–H groups in total. The van der Waals surface area contributed by atoms with E-state index in [0.717, 1.165) is 19.3 Å². The van der Waals surface area contributed by atoms with Crippen LogP contribution in [0.15, 0.2) is 21.5 Å². The van der Waals surface area contributed by atoms with Gasteiger partial charge in [0.05, 0.1) is 4.90 Å². The first-order chi connectivity index (χ1) is 9.68. The molecule has 5 nitrogen and oxygen atoms in total. The Morgan fingerprint density at radius 3 is 2.48 bits per heavy atom. The largest absolute Gasteiger partial charge is 0.398 e. The summed E-state index contributed by atoms with van der Waals surface area (Å²) in [6.07, 6.45) is 3.17. The molecule has 1 aromatic carbocycles. The molecule has 0 radical (unpaired) electrons. The van der Waals surface area contributed by atoms with E-state index in [1.165, 1.54) is 0 Å². The molecule has 0 unspecified atom stereocenters. The van der Waals surface area contributed by atoms with Gasteiger partial charge in [-0.1, -0.05) is 15.9 Å². The number of hydrogen-bond donors (Lipinski definition) is 2. The van der Waals surface area contributed by atoms with Gasteiger partial charge in [0, 0.05) is 22.2 Å². The summed E-state index contributed by atoms with van der Waals surface area (Å²) < 4.78 is 28.5. The molecule has 0 aromatic heterocycles. The van der Waals surface area contributed by atoms with E-state index in [0.29, 0.717) is 22.3 Å². The van der Waals surface area contributed by atoms with Gasteiger partial charge in [0.1, 0.15) is 0 Å². The number of likely N-dealkylation sites (N-methyl/N-ethyl adjacent to an activating group) is 1. The summed E-state index contributed by atoms with van der Waals surface area (Å²) in [5, 5.41) is 0. The van der Waals surface area contributed by atoms with E-state index < -0.39 is 10.0 Å². The third-order valence-corrected chi connectivity index (χ3v) is 6.46. The first kappa shape index (κ1) is 16.7. The number of rotatable bonds is 5. The monoisotopic (exact) mass is 375 g/mol. The molecule has 1 aromatic rings. The van der Waals surface area contributed by atoms with Crippen molar-refractivity contribution in [2.45, 2.75) is 36.6 Å². The van der Waals surface area contributed by atoms with Crippen LogP contribution in [0.25, 0.3) is 0 Å². The normalized spacial score (nSPS) is 17.8. The van der Waals surface area contributed by atoms with Crippen molar-refractivity contribution in [3.8, 4) is 0 Å². The van der Waals surface area contributed by atoms with Gasteiger partial charge in [-0.25, -0.2) is 13.1 Å². The Morgan fingerprint density at radius 2 is 2.00 bits per heavy atom. The van der Waals surface area contributed by atoms with Crippen LogP contribution < -0.4 is 10.5 Å². The molecule has 0 saturated heterocycles. The SMILES string of the molecule is Cc1c(N)cc(Br)cc1S(=O)(=O)NCC1(N(C)C)CCC1. The predicted octanol–water partition coefficient (Wildman–Crippen LogP) is 2.10. The Hall–Kier alpha value is -0.630. The van der Waals surface area contributed by atoms with E-state index in [9.17, 15) is 8.42 Å². The van der Waals surface area contributed by atoms with Crippen LogP contribution in [0.2, 0.25) is 0 Å². The third kappa shape index (κ3) is 3.26. The Morgan fingerprint density at radius 1 is 1.38 bits per heavy atom. The van der Waals surface area contributed by atoms with Gasteiger partial charge in [-0.15, -0.1) is 0 Å². The zero-order valence-corrected chi connectivity index (χ0v) is 15.0. The summed E-state index contributed by atoms with van der Waals surface area (Å²) in [6.45, 7) is 2.15. The third-order valence-electron chi connectivity index (χ3n) is 4.48. The van der Waals surface area contributed by atoms with Gasteiger partial charge in [0.15, 0.2) is 0 Å². The summed E-state index contributed by atoms with van der Waals surface area (Å²) in [7, 11) is 0.426. The highest BCUT2D eigenvalue weighted by atomic mass is 79.9. The number of nitrogens with two attached hydrogens (primary N) is 1. The lowest BCUT2D eigenvalue weighted by atomic mass is 9.76. The zero-order chi connectivity index (χ0) is 15.8. The van der Waals surface area contributed by atoms with Crippen LogP contribution in [-0.2, 0) is 10.0 Å². The predicted molar refractivity (Wildman–Crippen MR) is 88.7 cm³/mol. The summed E-state index contributed by atoms with van der Waals surface area (Å²) in [5.41, 5.74) is 6.85. The highest BCUT2D eigenvalue weighted by Gasteiger charge is 2.40. The lowest BCUT2D eigenvalue weighted by molar-refractivity contribution is 0.0657. The molecule has 1 saturated carbocycles. The molecule has 7 heteroatoms. The van der Waals surface area contributed by atoms with Gasteiger partial charge in [-0.3, -0.25) is 0 Å². The molecule has 0 aliphatic heterocycles. The molecule has 0 spiro atoms. The Bertz CT molecular complexity index is 640. The fraction of sp³-hybridized carbons (Fsp3) is 0.571. The quantitative estimate of drug-likeness (QED) is 0.772. The Labute approximate surface area is 135 Å². The van der Waals surface area contributed by atoms with Crippen LogP contribution in [-0.4, -0.2) is 39.5 Å². The van der Waals surface area contributed by atoms with E-state index in [2.05, 4.69) is 25.6 Å². The van der Waals surface area contributed by atoms with Crippen molar-refractivity contribution >= 4 is 31.6 Å². The van der Waals surface area contributed by atoms with Gasteiger partial charge >= 0.3 is 0 Å². The van der Waals surface area contributed by atoms with Crippen LogP contribution in [0, 0.1) is 6.92 Å². The molecular formula is C14H22BrN3O2S. The van der Waals surface area contributed by atoms with Crippen molar-refractivity contribution in [2.24, 2.45) is 0 Å². The first-order valence-electron chi connectivity index (χ1n) is 6.91. The second-order valence-corrected chi connectivity index (χ2v) is 8.57. The van der Waals surface area contributed by atoms with E-state index in [1.54, 1.807) is 19.1 Å². The molecule has 118 valence electrons. The van der Waals surface area contributed by atoms with Crippen LogP contribution in [0.1, 0.15) is 24.8 Å². The number of nitrogens with one attached hydrogen (secondary N) is 1. The average molecular weight is 376 g/mol. The second-order valence-electron chi connectivity index (χ2n) is 5.92. The molecule has 0 amide bonds. The molecule has 2 rings (SSSR count). The van der Waals surface area contributed by atoms with Gasteiger partial charge in [0.25, 0.3) is 0 Å². The fourth-order valence-corrected chi connectivity index (χ4v) is 4.67. The molecule has 0 heterocycles. The van der Waals surface area contributed by atoms with Crippen molar-refractivity contribution in [3.63, 3.8) is 0 Å². The maximum Gasteiger partial charge on any atom is 0.241 e. The van der Waals surface area contributed by atoms with Crippen LogP contribution >= 0.6 is 15.9 Å². The number of nitrogens with zero attached hydrogens (tertiary/aromatic N) is 1. The number of hydrogen-bond acceptors (Lipinski definition) is 4. The number of nitrogen functional groups attached to an aromatic ring is 1. The molecule has 0 atom stereocenters. The van der Waals surface area contributed by atoms with Crippen LogP contribution in [0.5, 0.6) is 0 Å². The summed E-state index contributed by atoms with van der Waals surface area (Å²) in [6, 6.07) is 3.30. The molecule has 21 heavy (non-hydrogen) atoms. The van der Waals surface area contributed by atoms with Crippen molar-refractivity contribution < 1.29 is 8.42 Å². The summed E-state index contributed by atoms with van der Waals surface area (Å²) in [4.78, 5) is 2.35. The number of sulfonamides is 1. The fourth-order valence-electron chi connectivity index (χ4n) is 2.63. The Balaban J connectivity index is 2.24. The van der Waals surface area contributed by atoms with E-state index >= 15 is 0 Å². The van der Waals surface area contributed by atoms with Crippen molar-refractivity contribution in [2.75, 3.05) is 26.4 Å². The van der Waals surface area contributed by atoms with E-state index in [4.69, 9.17) is 5.73 Å². The van der Waals surface area contributed by atoms with Crippen molar-refractivity contribution in [3.05, 3.63) is 22.2 Å². The highest BCUT2D eigenvalue weighted by molar-refractivity contribution is 9.10. The van der Waals surface area contributed by atoms with Gasteiger partial charge in [-0.2, -0.15) is 0 Å². The standard InChI is InChI=1S/C14H22BrN3O2S/c1-10-12(16)7-11(15)8-13(10)21(19,20)17-9-14(18(2)3)5-4-6-14/h7-8,17H,4-6,9,16H2,1-3H3. The highest BCUT2D eigenvalue weighted by Crippen LogP contribution is 2.36. The molecule has 1 aliphatic carbocycles. The number of halogens is 1. The van der Waals surface area contributed by atoms with Gasteiger partial charge in [0.2, 0.25) is 10.0 Å². The number of anilines is 1. The average Bonchev–Trinajstić information content (AvgIpc) is 2.31. The van der Waals surface area contributed by atoms with Gasteiger partial charge in [-0.05, 0) is 58.0 Å². The molecule has 1 fully saturated rings. The minimum absolute atomic E-state index is 0.0570. The maximum absolute atomic E-state index is 12.6. The molecule has 1 aliphatic rings. The van der Waals surface area contributed by atoms with Crippen molar-refractivity contribution in [1.29, 1.82) is 0 Å². The summed E-state index contributed by atoms with van der Waals surface area (Å²) in [5.74, 6) is 0. The van der Waals surface area contributed by atoms with Crippen LogP contribution in [0.3, 0.4) is 0 Å². The molecular weight excluding hydrogens is 354 g/mol. The van der Waals surface area contributed by atoms with E-state index in [-0.39, 0.29) is 10.4 Å². The minimum atomic E-state index is -3.57. The minimum Gasteiger partial charge on any atom is -0.398 e. The smallest absolute Gasteiger partial charge is 0.241 e. The lowest BCUT2D eigenvalue weighted by Crippen LogP contribution is -2.57. The van der Waals surface area contributed by atoms with Crippen LogP contribution in [0.4, 0.5) is 5.69 Å². The first-order valence-corrected chi connectivity index (χ1v) is 9.18. The van der Waals surface area contributed by atoms with Gasteiger partial charge < -0.3 is 10.6 Å². The second kappa shape index (κ2) is 5.87. The zero-order valence-electron chi connectivity index (χ0n) is 12.6. The molecule has 0 bridgehead atoms. The van der Waals surface area contributed by atoms with E-state index in [1.807, 2.05) is 14.1 Å². The van der Waals surface area contributed by atoms with Crippen molar-refractivity contribution in [1.82, 2.24) is 9.62 Å². The lowest BCUT2D eigenvalue weighted by Gasteiger charge is -2.47. The topological polar surface area (TPSA) is 75.4 Å². The summed E-state index contributed by atoms with van der Waals surface area (Å²) >= 11 is 3.30.